The van der Waals surface area contributed by atoms with Gasteiger partial charge in [0.1, 0.15) is 17.1 Å². The minimum absolute atomic E-state index is 0.190. The highest BCUT2D eigenvalue weighted by Gasteiger charge is 2.35. The molecule has 2 aliphatic rings. The lowest BCUT2D eigenvalue weighted by Crippen LogP contribution is -2.31. The molecule has 0 spiro atoms. The van der Waals surface area contributed by atoms with E-state index in [1.807, 2.05) is 45.2 Å². The number of hydrogen-bond acceptors (Lipinski definition) is 5. The lowest BCUT2D eigenvalue weighted by atomic mass is 9.87. The number of carbonyl (C=O) groups is 1. The van der Waals surface area contributed by atoms with Crippen LogP contribution in [0.15, 0.2) is 30.6 Å². The van der Waals surface area contributed by atoms with Gasteiger partial charge in [-0.2, -0.15) is 0 Å². The van der Waals surface area contributed by atoms with Gasteiger partial charge in [-0.25, -0.2) is 0 Å². The molecule has 29 heavy (non-hydrogen) atoms. The zero-order chi connectivity index (χ0) is 20.4. The summed E-state index contributed by atoms with van der Waals surface area (Å²) < 4.78 is 12.1. The molecule has 0 saturated carbocycles. The van der Waals surface area contributed by atoms with Crippen LogP contribution in [-0.4, -0.2) is 35.5 Å². The van der Waals surface area contributed by atoms with Crippen LogP contribution in [0.25, 0.3) is 11.1 Å². The van der Waals surface area contributed by atoms with Crippen molar-refractivity contribution in [3.05, 3.63) is 41.7 Å². The van der Waals surface area contributed by atoms with E-state index in [9.17, 15) is 4.79 Å². The summed E-state index contributed by atoms with van der Waals surface area (Å²) in [7, 11) is 0. The highest BCUT2D eigenvalue weighted by Crippen LogP contribution is 2.49. The molecule has 0 atom stereocenters. The molecule has 0 radical (unpaired) electrons. The van der Waals surface area contributed by atoms with Crippen molar-refractivity contribution >= 4 is 5.97 Å². The van der Waals surface area contributed by atoms with Gasteiger partial charge in [-0.15, -0.1) is 0 Å². The van der Waals surface area contributed by atoms with Crippen LogP contribution in [0.2, 0.25) is 0 Å². The summed E-state index contributed by atoms with van der Waals surface area (Å²) in [4.78, 5) is 19.3. The predicted molar refractivity (Wildman–Crippen MR) is 113 cm³/mol. The van der Waals surface area contributed by atoms with Gasteiger partial charge in [0, 0.05) is 29.9 Å². The highest BCUT2D eigenvalue weighted by molar-refractivity contribution is 5.84. The number of fused-ring (bicyclic) bond motifs is 3. The third-order valence-electron chi connectivity index (χ3n) is 5.84. The molecule has 154 valence electrons. The van der Waals surface area contributed by atoms with E-state index in [1.165, 1.54) is 19.3 Å². The van der Waals surface area contributed by atoms with E-state index in [1.54, 1.807) is 6.20 Å². The molecule has 1 aromatic heterocycles. The first kappa shape index (κ1) is 19.9. The number of ether oxygens (including phenoxy) is 2. The average molecular weight is 395 g/mol. The Morgan fingerprint density at radius 3 is 2.83 bits per heavy atom. The van der Waals surface area contributed by atoms with Gasteiger partial charge in [0.15, 0.2) is 0 Å². The van der Waals surface area contributed by atoms with Crippen molar-refractivity contribution in [1.82, 2.24) is 9.88 Å². The number of esters is 1. The molecule has 3 heterocycles. The maximum atomic E-state index is 12.6. The van der Waals surface area contributed by atoms with Gasteiger partial charge >= 0.3 is 5.97 Å². The number of carbonyl (C=O) groups excluding carboxylic acids is 1. The zero-order valence-electron chi connectivity index (χ0n) is 17.7. The number of hydrogen-bond donors (Lipinski definition) is 0. The largest absolute Gasteiger partial charge is 0.482 e. The molecule has 0 N–H and O–H groups in total. The quantitative estimate of drug-likeness (QED) is 0.536. The van der Waals surface area contributed by atoms with Crippen LogP contribution in [-0.2, 0) is 10.4 Å². The summed E-state index contributed by atoms with van der Waals surface area (Å²) in [5.41, 5.74) is 3.38. The van der Waals surface area contributed by atoms with Crippen molar-refractivity contribution in [1.29, 1.82) is 0 Å². The van der Waals surface area contributed by atoms with Crippen LogP contribution in [0.4, 0.5) is 0 Å². The summed E-state index contributed by atoms with van der Waals surface area (Å²) in [6, 6.07) is 5.89. The average Bonchev–Trinajstić information content (AvgIpc) is 2.68. The zero-order valence-corrected chi connectivity index (χ0v) is 17.7. The number of pyridine rings is 1. The molecule has 5 nitrogen and oxygen atoms in total. The van der Waals surface area contributed by atoms with Crippen LogP contribution < -0.4 is 9.47 Å². The van der Waals surface area contributed by atoms with E-state index in [4.69, 9.17) is 9.47 Å². The summed E-state index contributed by atoms with van der Waals surface area (Å²) >= 11 is 0. The van der Waals surface area contributed by atoms with Gasteiger partial charge in [-0.05, 0) is 83.4 Å². The molecular weight excluding hydrogens is 364 g/mol. The second-order valence-electron chi connectivity index (χ2n) is 8.65. The lowest BCUT2D eigenvalue weighted by molar-refractivity contribution is -0.134. The van der Waals surface area contributed by atoms with Crippen LogP contribution in [0, 0.1) is 6.92 Å². The van der Waals surface area contributed by atoms with Gasteiger partial charge < -0.3 is 14.4 Å². The molecule has 1 fully saturated rings. The molecule has 0 bridgehead atoms. The molecular formula is C24H30N2O3. The molecule has 1 aromatic carbocycles. The minimum Gasteiger partial charge on any atom is -0.482 e. The fourth-order valence-corrected chi connectivity index (χ4v) is 4.40. The van der Waals surface area contributed by atoms with Crippen LogP contribution in [0.1, 0.15) is 57.1 Å². The van der Waals surface area contributed by atoms with Gasteiger partial charge in [0.2, 0.25) is 0 Å². The van der Waals surface area contributed by atoms with Crippen LogP contribution in [0.3, 0.4) is 0 Å². The topological polar surface area (TPSA) is 51.7 Å². The molecule has 2 aromatic rings. The maximum Gasteiger partial charge on any atom is 0.311 e. The fourth-order valence-electron chi connectivity index (χ4n) is 4.40. The Bertz CT molecular complexity index is 901. The van der Waals surface area contributed by atoms with E-state index in [2.05, 4.69) is 9.88 Å². The Morgan fingerprint density at radius 2 is 2.03 bits per heavy atom. The van der Waals surface area contributed by atoms with Crippen molar-refractivity contribution in [3.63, 3.8) is 0 Å². The Kier molecular flexibility index (Phi) is 5.59. The third-order valence-corrected chi connectivity index (χ3v) is 5.84. The van der Waals surface area contributed by atoms with E-state index in [0.717, 1.165) is 54.1 Å². The van der Waals surface area contributed by atoms with E-state index in [0.29, 0.717) is 12.2 Å². The third kappa shape index (κ3) is 4.30. The second-order valence-corrected chi connectivity index (χ2v) is 8.65. The molecule has 0 unspecified atom stereocenters. The van der Waals surface area contributed by atoms with Gasteiger partial charge in [0.05, 0.1) is 5.56 Å². The Labute approximate surface area is 173 Å². The summed E-state index contributed by atoms with van der Waals surface area (Å²) in [6.45, 7) is 9.34. The monoisotopic (exact) mass is 394 g/mol. The second kappa shape index (κ2) is 8.15. The van der Waals surface area contributed by atoms with Crippen molar-refractivity contribution < 1.29 is 14.3 Å². The first-order valence-electron chi connectivity index (χ1n) is 10.7. The van der Waals surface area contributed by atoms with Crippen LogP contribution in [0.5, 0.6) is 11.5 Å². The molecule has 1 saturated heterocycles. The normalized spacial score (nSPS) is 17.8. The lowest BCUT2D eigenvalue weighted by Gasteiger charge is -2.35. The van der Waals surface area contributed by atoms with Gasteiger partial charge in [-0.1, -0.05) is 6.42 Å². The van der Waals surface area contributed by atoms with E-state index < -0.39 is 5.60 Å². The number of aromatic nitrogens is 1. The molecule has 0 amide bonds. The molecule has 5 heteroatoms. The summed E-state index contributed by atoms with van der Waals surface area (Å²) in [6.07, 6.45) is 8.72. The molecule has 0 aliphatic carbocycles. The molecule has 4 rings (SSSR count). The first-order chi connectivity index (χ1) is 13.9. The number of likely N-dealkylation sites (tertiary alicyclic amines) is 1. The number of piperidine rings is 1. The van der Waals surface area contributed by atoms with Crippen molar-refractivity contribution in [3.8, 4) is 22.6 Å². The van der Waals surface area contributed by atoms with Crippen molar-refractivity contribution in [2.24, 2.45) is 0 Å². The Balaban J connectivity index is 1.52. The van der Waals surface area contributed by atoms with Gasteiger partial charge in [-0.3, -0.25) is 9.78 Å². The summed E-state index contributed by atoms with van der Waals surface area (Å²) in [5, 5.41) is 0. The standard InChI is InChI=1S/C24H30N2O3/c1-17-14-20(28-22(27)8-7-13-26-11-5-4-6-12-26)23-18-16-25-10-9-19(18)24(2,3)29-21(23)15-17/h9-10,14-16H,4-8,11-13H2,1-3H3. The number of nitrogens with zero attached hydrogens (tertiary/aromatic N) is 2. The highest BCUT2D eigenvalue weighted by atomic mass is 16.5. The molecule has 2 aliphatic heterocycles. The first-order valence-corrected chi connectivity index (χ1v) is 10.7. The minimum atomic E-state index is -0.464. The Morgan fingerprint density at radius 1 is 1.24 bits per heavy atom. The van der Waals surface area contributed by atoms with Gasteiger partial charge in [0.25, 0.3) is 0 Å². The van der Waals surface area contributed by atoms with Crippen molar-refractivity contribution in [2.45, 2.75) is 58.5 Å². The smallest absolute Gasteiger partial charge is 0.311 e. The maximum absolute atomic E-state index is 12.6. The SMILES string of the molecule is Cc1cc(OC(=O)CCCN2CCCCC2)c2c(c1)OC(C)(C)c1ccncc1-2. The number of rotatable bonds is 5. The number of aryl methyl sites for hydroxylation is 1. The predicted octanol–water partition coefficient (Wildman–Crippen LogP) is 4.86. The van der Waals surface area contributed by atoms with Crippen molar-refractivity contribution in [2.75, 3.05) is 19.6 Å². The van der Waals surface area contributed by atoms with Crippen LogP contribution >= 0.6 is 0 Å². The van der Waals surface area contributed by atoms with E-state index >= 15 is 0 Å². The summed E-state index contributed by atoms with van der Waals surface area (Å²) in [5.74, 6) is 1.12. The fraction of sp³-hybridized carbons (Fsp3) is 0.500. The van der Waals surface area contributed by atoms with E-state index in [-0.39, 0.29) is 5.97 Å². The Hall–Kier alpha value is -2.40. The number of benzene rings is 1.